The molecule has 1 atom stereocenters. The maximum Gasteiger partial charge on any atom is -0.0314 e. The molecule has 0 aliphatic rings. The number of rotatable bonds is 7. The Morgan fingerprint density at radius 1 is 0.667 bits per heavy atom. The number of hydrogen-bond acceptors (Lipinski definition) is 0. The molecule has 0 N–H and O–H groups in total. The van der Waals surface area contributed by atoms with Gasteiger partial charge in [0, 0.05) is 0 Å². The Balaban J connectivity index is 4.71. The lowest BCUT2D eigenvalue weighted by molar-refractivity contribution is 0.0601. The van der Waals surface area contributed by atoms with E-state index >= 15 is 0 Å². The Hall–Kier alpha value is 0. The van der Waals surface area contributed by atoms with Crippen LogP contribution in [0.25, 0.3) is 0 Å². The highest BCUT2D eigenvalue weighted by Gasteiger charge is 2.37. The van der Waals surface area contributed by atoms with Gasteiger partial charge in [0.2, 0.25) is 0 Å². The Labute approximate surface area is 117 Å². The fourth-order valence-electron chi connectivity index (χ4n) is 3.33. The van der Waals surface area contributed by atoms with E-state index in [1.807, 2.05) is 0 Å². The monoisotopic (exact) mass is 254 g/mol. The standard InChI is InChI=1S/C18H38/c1-14(2)10-11-16(17(5,6)7)18(8,9)13-12-15(3)4/h14-16H,10-13H2,1-9H3. The molecule has 0 saturated carbocycles. The van der Waals surface area contributed by atoms with Crippen LogP contribution in [0.4, 0.5) is 0 Å². The van der Waals surface area contributed by atoms with Crippen LogP contribution in [0.5, 0.6) is 0 Å². The molecule has 0 rings (SSSR count). The SMILES string of the molecule is CC(C)CCC(C(C)(C)C)C(C)(C)CCC(C)C. The Bertz CT molecular complexity index is 215. The lowest BCUT2D eigenvalue weighted by atomic mass is 9.61. The maximum atomic E-state index is 2.49. The van der Waals surface area contributed by atoms with E-state index in [1.165, 1.54) is 25.7 Å². The van der Waals surface area contributed by atoms with Crippen LogP contribution in [0.2, 0.25) is 0 Å². The van der Waals surface area contributed by atoms with E-state index in [-0.39, 0.29) is 0 Å². The van der Waals surface area contributed by atoms with Crippen molar-refractivity contribution in [1.82, 2.24) is 0 Å². The van der Waals surface area contributed by atoms with Crippen LogP contribution in [0.1, 0.15) is 88.0 Å². The van der Waals surface area contributed by atoms with Crippen LogP contribution in [0.15, 0.2) is 0 Å². The largest absolute Gasteiger partial charge is 0.0628 e. The predicted molar refractivity (Wildman–Crippen MR) is 84.9 cm³/mol. The molecule has 0 spiro atoms. The summed E-state index contributed by atoms with van der Waals surface area (Å²) in [6, 6.07) is 0. The summed E-state index contributed by atoms with van der Waals surface area (Å²) in [6.45, 7) is 21.6. The second-order valence-electron chi connectivity index (χ2n) is 8.81. The summed E-state index contributed by atoms with van der Waals surface area (Å²) in [4.78, 5) is 0. The first-order valence-corrected chi connectivity index (χ1v) is 7.97. The first-order valence-electron chi connectivity index (χ1n) is 7.97. The molecule has 0 heterocycles. The minimum Gasteiger partial charge on any atom is -0.0628 e. The lowest BCUT2D eigenvalue weighted by Gasteiger charge is -2.44. The smallest absolute Gasteiger partial charge is 0.0314 e. The highest BCUT2D eigenvalue weighted by Crippen LogP contribution is 2.46. The van der Waals surface area contributed by atoms with Crippen molar-refractivity contribution < 1.29 is 0 Å². The summed E-state index contributed by atoms with van der Waals surface area (Å²) in [7, 11) is 0. The van der Waals surface area contributed by atoms with Crippen molar-refractivity contribution in [3.63, 3.8) is 0 Å². The van der Waals surface area contributed by atoms with E-state index in [9.17, 15) is 0 Å². The molecule has 0 saturated heterocycles. The normalized spacial score (nSPS) is 15.5. The summed E-state index contributed by atoms with van der Waals surface area (Å²) in [6.07, 6.45) is 5.48. The van der Waals surface area contributed by atoms with Crippen molar-refractivity contribution in [3.05, 3.63) is 0 Å². The maximum absolute atomic E-state index is 2.49. The Morgan fingerprint density at radius 3 is 1.44 bits per heavy atom. The summed E-state index contributed by atoms with van der Waals surface area (Å²) < 4.78 is 0. The molecule has 0 heteroatoms. The van der Waals surface area contributed by atoms with Gasteiger partial charge in [0.15, 0.2) is 0 Å². The van der Waals surface area contributed by atoms with Crippen LogP contribution >= 0.6 is 0 Å². The zero-order valence-electron chi connectivity index (χ0n) is 14.6. The second-order valence-corrected chi connectivity index (χ2v) is 8.81. The molecule has 0 amide bonds. The van der Waals surface area contributed by atoms with Gasteiger partial charge in [0.05, 0.1) is 0 Å². The van der Waals surface area contributed by atoms with Crippen molar-refractivity contribution >= 4 is 0 Å². The van der Waals surface area contributed by atoms with Crippen LogP contribution in [0, 0.1) is 28.6 Å². The van der Waals surface area contributed by atoms with Crippen LogP contribution in [-0.2, 0) is 0 Å². The van der Waals surface area contributed by atoms with Gasteiger partial charge >= 0.3 is 0 Å². The molecule has 110 valence electrons. The van der Waals surface area contributed by atoms with Gasteiger partial charge in [-0.1, -0.05) is 75.2 Å². The third-order valence-electron chi connectivity index (χ3n) is 4.39. The third-order valence-corrected chi connectivity index (χ3v) is 4.39. The van der Waals surface area contributed by atoms with Gasteiger partial charge < -0.3 is 0 Å². The Kier molecular flexibility index (Phi) is 6.96. The molecule has 0 nitrogen and oxygen atoms in total. The molecular weight excluding hydrogens is 216 g/mol. The van der Waals surface area contributed by atoms with E-state index in [2.05, 4.69) is 62.3 Å². The third kappa shape index (κ3) is 6.81. The van der Waals surface area contributed by atoms with E-state index < -0.39 is 0 Å². The molecule has 0 bridgehead atoms. The molecule has 1 unspecified atom stereocenters. The quantitative estimate of drug-likeness (QED) is 0.483. The summed E-state index contributed by atoms with van der Waals surface area (Å²) in [5.41, 5.74) is 0.896. The molecule has 0 aromatic heterocycles. The molecule has 0 radical (unpaired) electrons. The molecule has 0 aromatic carbocycles. The lowest BCUT2D eigenvalue weighted by Crippen LogP contribution is -2.35. The van der Waals surface area contributed by atoms with Crippen LogP contribution in [-0.4, -0.2) is 0 Å². The minimum absolute atomic E-state index is 0.426. The fraction of sp³-hybridized carbons (Fsp3) is 1.00. The molecule has 0 aliphatic carbocycles. The van der Waals surface area contributed by atoms with E-state index in [0.29, 0.717) is 10.8 Å². The first-order chi connectivity index (χ1) is 7.97. The average molecular weight is 255 g/mol. The Morgan fingerprint density at radius 2 is 1.11 bits per heavy atom. The summed E-state index contributed by atoms with van der Waals surface area (Å²) in [5.74, 6) is 2.48. The van der Waals surface area contributed by atoms with Gasteiger partial charge in [-0.25, -0.2) is 0 Å². The predicted octanol–water partition coefficient (Wildman–Crippen LogP) is 6.55. The zero-order valence-corrected chi connectivity index (χ0v) is 14.6. The minimum atomic E-state index is 0.426. The van der Waals surface area contributed by atoms with Gasteiger partial charge in [-0.3, -0.25) is 0 Å². The van der Waals surface area contributed by atoms with Gasteiger partial charge in [-0.2, -0.15) is 0 Å². The fourth-order valence-corrected chi connectivity index (χ4v) is 3.33. The van der Waals surface area contributed by atoms with Gasteiger partial charge in [-0.15, -0.1) is 0 Å². The van der Waals surface area contributed by atoms with E-state index in [4.69, 9.17) is 0 Å². The van der Waals surface area contributed by atoms with E-state index in [1.54, 1.807) is 0 Å². The second kappa shape index (κ2) is 6.96. The summed E-state index contributed by atoms with van der Waals surface area (Å²) in [5, 5.41) is 0. The van der Waals surface area contributed by atoms with Gasteiger partial charge in [0.1, 0.15) is 0 Å². The molecular formula is C18H38. The summed E-state index contributed by atoms with van der Waals surface area (Å²) >= 11 is 0. The van der Waals surface area contributed by atoms with Crippen LogP contribution in [0.3, 0.4) is 0 Å². The van der Waals surface area contributed by atoms with Crippen molar-refractivity contribution in [2.75, 3.05) is 0 Å². The number of hydrogen-bond donors (Lipinski definition) is 0. The zero-order chi connectivity index (χ0) is 14.6. The highest BCUT2D eigenvalue weighted by atomic mass is 14.4. The van der Waals surface area contributed by atoms with Crippen LogP contribution < -0.4 is 0 Å². The van der Waals surface area contributed by atoms with Crippen molar-refractivity contribution in [1.29, 1.82) is 0 Å². The van der Waals surface area contributed by atoms with Crippen molar-refractivity contribution in [2.24, 2.45) is 28.6 Å². The van der Waals surface area contributed by atoms with Gasteiger partial charge in [-0.05, 0) is 41.4 Å². The molecule has 0 aromatic rings. The molecule has 18 heavy (non-hydrogen) atoms. The topological polar surface area (TPSA) is 0 Å². The van der Waals surface area contributed by atoms with Crippen molar-refractivity contribution in [2.45, 2.75) is 88.0 Å². The van der Waals surface area contributed by atoms with Crippen molar-refractivity contribution in [3.8, 4) is 0 Å². The molecule has 0 fully saturated rings. The highest BCUT2D eigenvalue weighted by molar-refractivity contribution is 4.87. The van der Waals surface area contributed by atoms with E-state index in [0.717, 1.165) is 17.8 Å². The first kappa shape index (κ1) is 18.0. The van der Waals surface area contributed by atoms with Gasteiger partial charge in [0.25, 0.3) is 0 Å². The molecule has 0 aliphatic heterocycles. The average Bonchev–Trinajstić information content (AvgIpc) is 2.12.